The van der Waals surface area contributed by atoms with Crippen LogP contribution in [0.4, 0.5) is 10.1 Å². The Morgan fingerprint density at radius 2 is 1.96 bits per heavy atom. The lowest BCUT2D eigenvalue weighted by molar-refractivity contribution is -0.136. The van der Waals surface area contributed by atoms with E-state index in [4.69, 9.17) is 0 Å². The van der Waals surface area contributed by atoms with Crippen LogP contribution in [0, 0.1) is 11.7 Å². The van der Waals surface area contributed by atoms with Crippen molar-refractivity contribution in [2.45, 2.75) is 6.42 Å². The molecule has 128 valence electrons. The summed E-state index contributed by atoms with van der Waals surface area (Å²) in [6, 6.07) is 6.69. The molecule has 2 heterocycles. The molecule has 24 heavy (non-hydrogen) atoms. The Labute approximate surface area is 141 Å². The molecule has 1 aromatic rings. The molecular weight excluding hydrogens is 309 g/mol. The molecule has 3 rings (SSSR count). The van der Waals surface area contributed by atoms with E-state index in [1.807, 2.05) is 11.0 Å². The van der Waals surface area contributed by atoms with Crippen LogP contribution in [0.25, 0.3) is 0 Å². The number of amides is 2. The van der Waals surface area contributed by atoms with E-state index in [2.05, 4.69) is 6.58 Å². The van der Waals surface area contributed by atoms with Crippen LogP contribution in [0.15, 0.2) is 36.9 Å². The van der Waals surface area contributed by atoms with E-state index in [-0.39, 0.29) is 30.0 Å². The summed E-state index contributed by atoms with van der Waals surface area (Å²) in [6.45, 7) is 6.91. The first-order valence-electron chi connectivity index (χ1n) is 8.27. The van der Waals surface area contributed by atoms with Crippen LogP contribution in [-0.2, 0) is 9.59 Å². The molecule has 5 nitrogen and oxygen atoms in total. The van der Waals surface area contributed by atoms with Gasteiger partial charge < -0.3 is 14.7 Å². The molecule has 1 atom stereocenters. The second-order valence-corrected chi connectivity index (χ2v) is 6.25. The van der Waals surface area contributed by atoms with Gasteiger partial charge in [-0.05, 0) is 12.1 Å². The Morgan fingerprint density at radius 3 is 2.62 bits per heavy atom. The van der Waals surface area contributed by atoms with Crippen LogP contribution < -0.4 is 4.90 Å². The van der Waals surface area contributed by atoms with E-state index in [1.54, 1.807) is 28.0 Å². The van der Waals surface area contributed by atoms with E-state index in [0.29, 0.717) is 45.0 Å². The number of piperazine rings is 1. The smallest absolute Gasteiger partial charge is 0.228 e. The molecule has 0 aliphatic carbocycles. The van der Waals surface area contributed by atoms with Gasteiger partial charge in [0.1, 0.15) is 5.82 Å². The highest BCUT2D eigenvalue weighted by molar-refractivity contribution is 5.89. The number of rotatable bonds is 4. The van der Waals surface area contributed by atoms with Crippen molar-refractivity contribution in [2.24, 2.45) is 5.92 Å². The molecule has 2 aliphatic rings. The minimum absolute atomic E-state index is 0.0123. The molecule has 0 N–H and O–H groups in total. The van der Waals surface area contributed by atoms with E-state index < -0.39 is 0 Å². The van der Waals surface area contributed by atoms with Gasteiger partial charge in [0.05, 0.1) is 11.6 Å². The maximum absolute atomic E-state index is 13.9. The van der Waals surface area contributed by atoms with Crippen molar-refractivity contribution >= 4 is 17.5 Å². The molecule has 2 saturated heterocycles. The van der Waals surface area contributed by atoms with Crippen molar-refractivity contribution in [1.29, 1.82) is 0 Å². The number of halogens is 1. The van der Waals surface area contributed by atoms with Gasteiger partial charge in [-0.25, -0.2) is 4.39 Å². The van der Waals surface area contributed by atoms with Gasteiger partial charge in [-0.2, -0.15) is 0 Å². The maximum Gasteiger partial charge on any atom is 0.228 e. The molecule has 2 fully saturated rings. The van der Waals surface area contributed by atoms with Crippen molar-refractivity contribution in [3.05, 3.63) is 42.7 Å². The lowest BCUT2D eigenvalue weighted by Gasteiger charge is -2.37. The van der Waals surface area contributed by atoms with Crippen molar-refractivity contribution in [3.8, 4) is 0 Å². The fourth-order valence-corrected chi connectivity index (χ4v) is 3.40. The van der Waals surface area contributed by atoms with Crippen molar-refractivity contribution in [2.75, 3.05) is 44.2 Å². The Hall–Kier alpha value is -2.37. The maximum atomic E-state index is 13.9. The minimum Gasteiger partial charge on any atom is -0.366 e. The van der Waals surface area contributed by atoms with Crippen LogP contribution in [0.1, 0.15) is 6.42 Å². The monoisotopic (exact) mass is 331 g/mol. The molecular formula is C18H22FN3O2. The molecule has 0 saturated carbocycles. The fraction of sp³-hybridized carbons (Fsp3) is 0.444. The molecule has 0 spiro atoms. The average Bonchev–Trinajstić information content (AvgIpc) is 2.96. The van der Waals surface area contributed by atoms with E-state index in [9.17, 15) is 14.0 Å². The van der Waals surface area contributed by atoms with Gasteiger partial charge in [-0.1, -0.05) is 18.2 Å². The molecule has 2 aliphatic heterocycles. The second-order valence-electron chi connectivity index (χ2n) is 6.25. The van der Waals surface area contributed by atoms with Crippen LogP contribution in [0.2, 0.25) is 0 Å². The summed E-state index contributed by atoms with van der Waals surface area (Å²) in [5, 5.41) is 0. The molecule has 6 heteroatoms. The largest absolute Gasteiger partial charge is 0.366 e. The van der Waals surface area contributed by atoms with E-state index in [0.717, 1.165) is 0 Å². The quantitative estimate of drug-likeness (QED) is 0.786. The summed E-state index contributed by atoms with van der Waals surface area (Å²) in [5.74, 6) is -0.461. The Bertz CT molecular complexity index is 641. The predicted octanol–water partition coefficient (Wildman–Crippen LogP) is 1.51. The first-order chi connectivity index (χ1) is 11.6. The Morgan fingerprint density at radius 1 is 1.25 bits per heavy atom. The summed E-state index contributed by atoms with van der Waals surface area (Å²) in [5.41, 5.74) is 0.581. The third-order valence-electron chi connectivity index (χ3n) is 4.70. The van der Waals surface area contributed by atoms with Crippen molar-refractivity contribution in [3.63, 3.8) is 0 Å². The van der Waals surface area contributed by atoms with Crippen LogP contribution >= 0.6 is 0 Å². The number of anilines is 1. The molecule has 1 unspecified atom stereocenters. The van der Waals surface area contributed by atoms with E-state index >= 15 is 0 Å². The third kappa shape index (κ3) is 3.27. The number of benzene rings is 1. The highest BCUT2D eigenvalue weighted by Gasteiger charge is 2.36. The average molecular weight is 331 g/mol. The van der Waals surface area contributed by atoms with Crippen LogP contribution in [-0.4, -0.2) is 60.9 Å². The van der Waals surface area contributed by atoms with Gasteiger partial charge in [0.2, 0.25) is 11.8 Å². The topological polar surface area (TPSA) is 43.9 Å². The summed E-state index contributed by atoms with van der Waals surface area (Å²) in [7, 11) is 0. The van der Waals surface area contributed by atoms with Crippen molar-refractivity contribution in [1.82, 2.24) is 9.80 Å². The Balaban J connectivity index is 1.57. The first-order valence-corrected chi connectivity index (χ1v) is 8.27. The Kier molecular flexibility index (Phi) is 4.83. The normalized spacial score (nSPS) is 21.3. The fourth-order valence-electron chi connectivity index (χ4n) is 3.40. The molecule has 0 aromatic heterocycles. The molecule has 1 aromatic carbocycles. The molecule has 2 amide bonds. The molecule has 0 bridgehead atoms. The number of para-hydroxylation sites is 1. The summed E-state index contributed by atoms with van der Waals surface area (Å²) < 4.78 is 13.9. The SMILES string of the molecule is C=CCN1CC(C(=O)N2CCN(c3ccccc3F)CC2)CC1=O. The standard InChI is InChI=1S/C18H22FN3O2/c1-2-7-22-13-14(12-17(22)23)18(24)21-10-8-20(9-11-21)16-6-4-3-5-15(16)19/h2-6,14H,1,7-13H2. The zero-order chi connectivity index (χ0) is 17.1. The number of carbonyl (C=O) groups is 2. The van der Waals surface area contributed by atoms with Crippen molar-refractivity contribution < 1.29 is 14.0 Å². The lowest BCUT2D eigenvalue weighted by atomic mass is 10.1. The first kappa shape index (κ1) is 16.5. The number of hydrogen-bond acceptors (Lipinski definition) is 3. The number of carbonyl (C=O) groups excluding carboxylic acids is 2. The van der Waals surface area contributed by atoms with Gasteiger partial charge in [-0.15, -0.1) is 6.58 Å². The highest BCUT2D eigenvalue weighted by atomic mass is 19.1. The van der Waals surface area contributed by atoms with Gasteiger partial charge >= 0.3 is 0 Å². The van der Waals surface area contributed by atoms with Gasteiger partial charge in [0.25, 0.3) is 0 Å². The highest BCUT2D eigenvalue weighted by Crippen LogP contribution is 2.23. The number of hydrogen-bond donors (Lipinski definition) is 0. The summed E-state index contributed by atoms with van der Waals surface area (Å²) in [6.07, 6.45) is 1.96. The van der Waals surface area contributed by atoms with Gasteiger partial charge in [0.15, 0.2) is 0 Å². The van der Waals surface area contributed by atoms with E-state index in [1.165, 1.54) is 6.07 Å². The van der Waals surface area contributed by atoms with Crippen LogP contribution in [0.3, 0.4) is 0 Å². The second kappa shape index (κ2) is 7.03. The van der Waals surface area contributed by atoms with Crippen LogP contribution in [0.5, 0.6) is 0 Å². The third-order valence-corrected chi connectivity index (χ3v) is 4.70. The zero-order valence-electron chi connectivity index (χ0n) is 13.7. The lowest BCUT2D eigenvalue weighted by Crippen LogP contribution is -2.51. The number of nitrogens with zero attached hydrogens (tertiary/aromatic N) is 3. The van der Waals surface area contributed by atoms with Gasteiger partial charge in [-0.3, -0.25) is 9.59 Å². The molecule has 0 radical (unpaired) electrons. The van der Waals surface area contributed by atoms with Gasteiger partial charge in [0, 0.05) is 45.7 Å². The zero-order valence-corrected chi connectivity index (χ0v) is 13.7. The minimum atomic E-state index is -0.266. The number of likely N-dealkylation sites (tertiary alicyclic amines) is 1. The predicted molar refractivity (Wildman–Crippen MR) is 90.1 cm³/mol. The summed E-state index contributed by atoms with van der Waals surface area (Å²) >= 11 is 0. The summed E-state index contributed by atoms with van der Waals surface area (Å²) in [4.78, 5) is 30.0.